The normalized spacial score (nSPS) is 10.3. The van der Waals surface area contributed by atoms with Gasteiger partial charge in [0, 0.05) is 71.1 Å². The van der Waals surface area contributed by atoms with Crippen molar-refractivity contribution in [3.63, 3.8) is 0 Å². The van der Waals surface area contributed by atoms with E-state index in [2.05, 4.69) is 61.2 Å². The number of nitrogens with zero attached hydrogens (tertiary/aromatic N) is 7. The highest BCUT2D eigenvalue weighted by atomic mass is 16.5. The molecule has 103 heavy (non-hydrogen) atoms. The first kappa shape index (κ1) is 73.7. The number of hydrogen-bond acceptors (Lipinski definition) is 20. The number of benzene rings is 5. The van der Waals surface area contributed by atoms with Crippen molar-refractivity contribution in [1.82, 2.24) is 34.9 Å². The molecular weight excluding hydrogens is 1300 g/mol. The summed E-state index contributed by atoms with van der Waals surface area (Å²) in [4.78, 5) is 30.8. The smallest absolute Gasteiger partial charge is 0.226 e. The number of pyridine rings is 7. The van der Waals surface area contributed by atoms with Gasteiger partial charge in [-0.1, -0.05) is 111 Å². The fourth-order valence-corrected chi connectivity index (χ4v) is 10.5. The van der Waals surface area contributed by atoms with E-state index in [1.165, 1.54) is 0 Å². The van der Waals surface area contributed by atoms with Crippen molar-refractivity contribution >= 4 is 24.3 Å². The third-order valence-corrected chi connectivity index (χ3v) is 15.5. The van der Waals surface area contributed by atoms with Crippen molar-refractivity contribution in [3.8, 4) is 120 Å². The molecule has 0 amide bonds. The molecule has 5 aromatic carbocycles. The van der Waals surface area contributed by atoms with Crippen LogP contribution in [-0.2, 0) is 26.4 Å². The molecule has 0 aliphatic carbocycles. The van der Waals surface area contributed by atoms with Crippen LogP contribution in [0, 0.1) is 0 Å². The van der Waals surface area contributed by atoms with Gasteiger partial charge in [0.2, 0.25) is 23.5 Å². The summed E-state index contributed by atoms with van der Waals surface area (Å²) in [5, 5.41) is 39.7. The molecule has 12 rings (SSSR count). The number of para-hydroxylation sites is 1. The number of aromatic hydroxyl groups is 4. The van der Waals surface area contributed by atoms with Crippen molar-refractivity contribution in [3.05, 3.63) is 290 Å². The van der Waals surface area contributed by atoms with Gasteiger partial charge < -0.3 is 63.1 Å². The molecule has 7 aromatic heterocycles. The first-order valence-corrected chi connectivity index (χ1v) is 32.3. The lowest BCUT2D eigenvalue weighted by Gasteiger charge is -2.14. The topological polar surface area (TPSA) is 254 Å². The molecule has 0 saturated carbocycles. The van der Waals surface area contributed by atoms with Crippen LogP contribution in [0.15, 0.2) is 245 Å². The molecule has 0 aliphatic rings. The number of phenolic OH excluding ortho intramolecular Hbond substituents is 4. The van der Waals surface area contributed by atoms with Crippen molar-refractivity contribution in [2.75, 3.05) is 35.0 Å². The minimum atomic E-state index is 0.120. The Hall–Kier alpha value is -13.5. The summed E-state index contributed by atoms with van der Waals surface area (Å²) in [6.07, 6.45) is 16.5. The van der Waals surface area contributed by atoms with Gasteiger partial charge in [-0.3, -0.25) is 19.9 Å². The molecule has 20 heteroatoms. The predicted octanol–water partition coefficient (Wildman–Crippen LogP) is 17.3. The summed E-state index contributed by atoms with van der Waals surface area (Å²) in [5.74, 6) is 5.44. The lowest BCUT2D eigenvalue weighted by molar-refractivity contribution is 0.303. The summed E-state index contributed by atoms with van der Waals surface area (Å²) in [5.41, 5.74) is 12.0. The first-order chi connectivity index (χ1) is 50.4. The highest BCUT2D eigenvalue weighted by Crippen LogP contribution is 2.38. The molecule has 0 bridgehead atoms. The van der Waals surface area contributed by atoms with Crippen molar-refractivity contribution in [1.29, 1.82) is 0 Å². The van der Waals surface area contributed by atoms with Crippen LogP contribution in [0.5, 0.6) is 75.3 Å². The van der Waals surface area contributed by atoms with Gasteiger partial charge >= 0.3 is 0 Å². The number of methoxy groups -OCH3 is 4. The van der Waals surface area contributed by atoms with Gasteiger partial charge in [-0.25, -0.2) is 9.97 Å². The van der Waals surface area contributed by atoms with Gasteiger partial charge in [-0.05, 0) is 122 Å². The summed E-state index contributed by atoms with van der Waals surface area (Å²) >= 11 is 0. The van der Waals surface area contributed by atoms with E-state index in [1.807, 2.05) is 110 Å². The fourth-order valence-electron chi connectivity index (χ4n) is 10.5. The second kappa shape index (κ2) is 37.5. The second-order valence-corrected chi connectivity index (χ2v) is 21.7. The Kier molecular flexibility index (Phi) is 26.8. The van der Waals surface area contributed by atoms with E-state index in [0.29, 0.717) is 87.7 Å². The zero-order chi connectivity index (χ0) is 72.9. The van der Waals surface area contributed by atoms with Crippen molar-refractivity contribution in [2.24, 2.45) is 0 Å². The minimum absolute atomic E-state index is 0.120. The van der Waals surface area contributed by atoms with Crippen LogP contribution in [0.1, 0.15) is 51.4 Å². The molecular formula is C83H77N7O13. The highest BCUT2D eigenvalue weighted by Gasteiger charge is 2.20. The molecule has 0 aliphatic heterocycles. The van der Waals surface area contributed by atoms with E-state index in [9.17, 15) is 20.4 Å². The third kappa shape index (κ3) is 18.8. The van der Waals surface area contributed by atoms with Crippen LogP contribution >= 0.6 is 0 Å². The van der Waals surface area contributed by atoms with Gasteiger partial charge in [-0.2, -0.15) is 4.98 Å². The third-order valence-electron chi connectivity index (χ3n) is 15.5. The van der Waals surface area contributed by atoms with Gasteiger partial charge in [0.1, 0.15) is 78.2 Å². The zero-order valence-corrected chi connectivity index (χ0v) is 57.6. The second-order valence-electron chi connectivity index (χ2n) is 21.7. The van der Waals surface area contributed by atoms with E-state index in [-0.39, 0.29) is 42.8 Å². The van der Waals surface area contributed by atoms with E-state index >= 15 is 0 Å². The number of ether oxygens (including phenoxy) is 9. The maximum Gasteiger partial charge on any atom is 0.226 e. The fraction of sp³-hybridized carbons (Fsp3) is 0.120. The van der Waals surface area contributed by atoms with Crippen LogP contribution < -0.4 is 42.6 Å². The maximum absolute atomic E-state index is 9.94. The minimum Gasteiger partial charge on any atom is -0.507 e. The molecule has 0 unspecified atom stereocenters. The number of phenols is 4. The average Bonchev–Trinajstić information content (AvgIpc) is 0.839. The standard InChI is InChI=1S/C21H20N2O4.C21H20N2O3.C21H19NO3.C20H18N2O3/c1-4-15-17(24)8-5-9-18(15)27-13-14-7-6-12-22-20(14)16-10-11-19(25-2)23-21(16)26-3;1-3-16-18(24)10-5-11-19(16)26-14-15-8-6-12-22-20(15)17-9-7-13-23-21(17)25-4-2;1-3-16-18(23)10-6-12-20(16)25-14-15-8-7-13-22-21(15)17-9-4-5-11-19(17)24-2;1-3-15-17(23)9-4-10-18(15)25-13-14-7-5-11-21-19(14)16-8-6-12-22-20(16)24-2/h4-12,24H,1,13H2,2-3H3;3,5-13,24H,1,4,14H2,2H3;3-13,23H,1,14H2,2H3;3-12,23H,1,13H2,2H3. The summed E-state index contributed by atoms with van der Waals surface area (Å²) in [7, 11) is 6.32. The Morgan fingerprint density at radius 1 is 0.301 bits per heavy atom. The zero-order valence-electron chi connectivity index (χ0n) is 57.6. The van der Waals surface area contributed by atoms with Crippen LogP contribution in [-0.4, -0.2) is 90.4 Å². The highest BCUT2D eigenvalue weighted by molar-refractivity contribution is 5.73. The molecule has 0 radical (unpaired) electrons. The summed E-state index contributed by atoms with van der Waals surface area (Å²) < 4.78 is 50.6. The molecule has 7 heterocycles. The first-order valence-electron chi connectivity index (χ1n) is 32.3. The molecule has 0 spiro atoms. The largest absolute Gasteiger partial charge is 0.507 e. The Morgan fingerprint density at radius 3 is 0.981 bits per heavy atom. The van der Waals surface area contributed by atoms with E-state index in [4.69, 9.17) is 42.6 Å². The Morgan fingerprint density at radius 2 is 0.621 bits per heavy atom. The Balaban J connectivity index is 0.000000160. The molecule has 522 valence electrons. The van der Waals surface area contributed by atoms with Crippen LogP contribution in [0.25, 0.3) is 69.3 Å². The number of hydrogen-bond donors (Lipinski definition) is 4. The van der Waals surface area contributed by atoms with Gasteiger partial charge in [-0.15, -0.1) is 0 Å². The van der Waals surface area contributed by atoms with Gasteiger partial charge in [0.25, 0.3) is 0 Å². The number of rotatable bonds is 26. The average molecular weight is 1380 g/mol. The summed E-state index contributed by atoms with van der Waals surface area (Å²) in [6, 6.07) is 54.5. The van der Waals surface area contributed by atoms with Crippen molar-refractivity contribution < 1.29 is 63.1 Å². The van der Waals surface area contributed by atoms with Gasteiger partial charge in [0.15, 0.2) is 0 Å². The van der Waals surface area contributed by atoms with Crippen molar-refractivity contribution in [2.45, 2.75) is 33.4 Å². The SMILES string of the molecule is C=Cc1c(O)cccc1OCc1cccnc1-c1ccc(OC)nc1OC.C=Cc1c(O)cccc1OCc1cccnc1-c1ccccc1OC.C=Cc1c(O)cccc1OCc1cccnc1-c1cccnc1OC.C=Cc1c(O)cccc1OCc1cccnc1-c1cccnc1OCC. The van der Waals surface area contributed by atoms with Crippen LogP contribution in [0.2, 0.25) is 0 Å². The van der Waals surface area contributed by atoms with Crippen LogP contribution in [0.4, 0.5) is 0 Å². The Bertz CT molecular complexity index is 4710. The molecule has 0 fully saturated rings. The molecule has 12 aromatic rings. The summed E-state index contributed by atoms with van der Waals surface area (Å²) in [6.45, 7) is 18.5. The number of aromatic nitrogens is 7. The van der Waals surface area contributed by atoms with Gasteiger partial charge in [0.05, 0.1) is 96.8 Å². The predicted molar refractivity (Wildman–Crippen MR) is 400 cm³/mol. The molecule has 0 atom stereocenters. The quantitative estimate of drug-likeness (QED) is 0.0393. The van der Waals surface area contributed by atoms with Crippen LogP contribution in [0.3, 0.4) is 0 Å². The molecule has 4 N–H and O–H groups in total. The maximum atomic E-state index is 9.94. The van der Waals surface area contributed by atoms with E-state index in [0.717, 1.165) is 67.3 Å². The van der Waals surface area contributed by atoms with E-state index in [1.54, 1.807) is 169 Å². The molecule has 0 saturated heterocycles. The lowest BCUT2D eigenvalue weighted by Crippen LogP contribution is -2.03. The van der Waals surface area contributed by atoms with E-state index < -0.39 is 0 Å². The Labute approximate surface area is 598 Å². The monoisotopic (exact) mass is 1380 g/mol. The lowest BCUT2D eigenvalue weighted by atomic mass is 10.1. The molecule has 20 nitrogen and oxygen atoms in total.